The Morgan fingerprint density at radius 3 is 2.56 bits per heavy atom. The molecule has 1 aliphatic rings. The van der Waals surface area contributed by atoms with Gasteiger partial charge < -0.3 is 15.0 Å². The van der Waals surface area contributed by atoms with E-state index in [4.69, 9.17) is 0 Å². The van der Waals surface area contributed by atoms with Gasteiger partial charge in [0.05, 0.1) is 12.2 Å². The lowest BCUT2D eigenvalue weighted by Gasteiger charge is -2.17. The lowest BCUT2D eigenvalue weighted by atomic mass is 9.89. The van der Waals surface area contributed by atoms with E-state index in [2.05, 4.69) is 0 Å². The van der Waals surface area contributed by atoms with Crippen molar-refractivity contribution in [3.63, 3.8) is 0 Å². The molecule has 1 saturated carbocycles. The topological polar surface area (TPSA) is 74.6 Å². The molecule has 0 amide bonds. The smallest absolute Gasteiger partial charge is 0.132 e. The van der Waals surface area contributed by atoms with Crippen LogP contribution in [-0.2, 0) is 9.59 Å². The molecule has 1 rings (SSSR count). The second-order valence-electron chi connectivity index (χ2n) is 4.58. The van der Waals surface area contributed by atoms with Crippen molar-refractivity contribution >= 4 is 12.1 Å². The first-order valence-corrected chi connectivity index (χ1v) is 5.93. The van der Waals surface area contributed by atoms with Gasteiger partial charge in [-0.25, -0.2) is 0 Å². The molecule has 4 heteroatoms. The van der Waals surface area contributed by atoms with Gasteiger partial charge in [0.2, 0.25) is 0 Å². The van der Waals surface area contributed by atoms with Gasteiger partial charge in [0, 0.05) is 25.2 Å². The first-order chi connectivity index (χ1) is 7.60. The van der Waals surface area contributed by atoms with Crippen molar-refractivity contribution in [3.8, 4) is 0 Å². The average Bonchev–Trinajstić information content (AvgIpc) is 2.50. The molecule has 0 aromatic carbocycles. The van der Waals surface area contributed by atoms with E-state index >= 15 is 0 Å². The van der Waals surface area contributed by atoms with Crippen LogP contribution in [0.5, 0.6) is 0 Å². The van der Waals surface area contributed by atoms with Crippen LogP contribution in [0.1, 0.15) is 39.0 Å². The summed E-state index contributed by atoms with van der Waals surface area (Å²) in [5, 5.41) is 19.2. The molecular weight excluding hydrogens is 208 g/mol. The molecule has 0 aromatic rings. The molecule has 16 heavy (non-hydrogen) atoms. The number of rotatable bonds is 6. The summed E-state index contributed by atoms with van der Waals surface area (Å²) in [6, 6.07) is 0. The van der Waals surface area contributed by atoms with Crippen molar-refractivity contribution in [1.82, 2.24) is 0 Å². The van der Waals surface area contributed by atoms with Gasteiger partial charge in [0.1, 0.15) is 12.1 Å². The van der Waals surface area contributed by atoms with Gasteiger partial charge in [-0.3, -0.25) is 4.79 Å². The number of ketones is 1. The quantitative estimate of drug-likeness (QED) is 0.656. The van der Waals surface area contributed by atoms with E-state index < -0.39 is 18.1 Å². The molecule has 0 saturated heterocycles. The van der Waals surface area contributed by atoms with Crippen LogP contribution in [0.4, 0.5) is 0 Å². The average molecular weight is 228 g/mol. The van der Waals surface area contributed by atoms with Crippen molar-refractivity contribution in [3.05, 3.63) is 0 Å². The zero-order valence-corrected chi connectivity index (χ0v) is 9.63. The number of hydrogen-bond acceptors (Lipinski definition) is 4. The lowest BCUT2D eigenvalue weighted by Crippen LogP contribution is -2.24. The van der Waals surface area contributed by atoms with Crippen LogP contribution in [-0.4, -0.2) is 34.5 Å². The summed E-state index contributed by atoms with van der Waals surface area (Å²) < 4.78 is 0. The maximum absolute atomic E-state index is 11.4. The normalized spacial score (nSPS) is 33.9. The van der Waals surface area contributed by atoms with Crippen LogP contribution in [0.15, 0.2) is 0 Å². The minimum absolute atomic E-state index is 0.167. The third-order valence-corrected chi connectivity index (χ3v) is 3.36. The standard InChI is InChI=1S/C12H20O4/c1-2-3-8(14)4-5-9-10(7-13)12(16)6-11(9)15/h7,9-12,15-16H,2-6H2,1H3. The molecule has 92 valence electrons. The molecule has 4 atom stereocenters. The monoisotopic (exact) mass is 228 g/mol. The van der Waals surface area contributed by atoms with E-state index in [1.807, 2.05) is 6.92 Å². The predicted molar refractivity (Wildman–Crippen MR) is 58.8 cm³/mol. The molecule has 0 spiro atoms. The van der Waals surface area contributed by atoms with Gasteiger partial charge in [-0.05, 0) is 18.8 Å². The van der Waals surface area contributed by atoms with Gasteiger partial charge in [-0.2, -0.15) is 0 Å². The number of carbonyl (C=O) groups is 2. The molecule has 4 nitrogen and oxygen atoms in total. The highest BCUT2D eigenvalue weighted by atomic mass is 16.3. The molecule has 1 fully saturated rings. The van der Waals surface area contributed by atoms with Gasteiger partial charge in [-0.1, -0.05) is 6.92 Å². The minimum Gasteiger partial charge on any atom is -0.393 e. The summed E-state index contributed by atoms with van der Waals surface area (Å²) in [7, 11) is 0. The molecule has 4 unspecified atom stereocenters. The van der Waals surface area contributed by atoms with Crippen molar-refractivity contribution < 1.29 is 19.8 Å². The van der Waals surface area contributed by atoms with Gasteiger partial charge in [0.25, 0.3) is 0 Å². The van der Waals surface area contributed by atoms with Gasteiger partial charge in [-0.15, -0.1) is 0 Å². The first kappa shape index (κ1) is 13.3. The highest BCUT2D eigenvalue weighted by molar-refractivity contribution is 5.78. The molecule has 0 heterocycles. The van der Waals surface area contributed by atoms with Crippen molar-refractivity contribution in [2.45, 2.75) is 51.2 Å². The minimum atomic E-state index is -0.751. The summed E-state index contributed by atoms with van der Waals surface area (Å²) >= 11 is 0. The number of hydrogen-bond donors (Lipinski definition) is 2. The van der Waals surface area contributed by atoms with E-state index in [1.165, 1.54) is 0 Å². The molecule has 0 radical (unpaired) electrons. The van der Waals surface area contributed by atoms with E-state index in [1.54, 1.807) is 0 Å². The number of Topliss-reactive ketones (excluding diaryl/α,β-unsaturated/α-hetero) is 1. The van der Waals surface area contributed by atoms with Crippen molar-refractivity contribution in [1.29, 1.82) is 0 Å². The maximum atomic E-state index is 11.4. The molecule has 1 aliphatic carbocycles. The van der Waals surface area contributed by atoms with Crippen LogP contribution in [0.3, 0.4) is 0 Å². The van der Waals surface area contributed by atoms with E-state index in [0.717, 1.165) is 6.42 Å². The summed E-state index contributed by atoms with van der Waals surface area (Å²) in [6.07, 6.45) is 1.82. The molecule has 2 N–H and O–H groups in total. The van der Waals surface area contributed by atoms with Crippen LogP contribution in [0.2, 0.25) is 0 Å². The van der Waals surface area contributed by atoms with Gasteiger partial charge >= 0.3 is 0 Å². The number of carbonyl (C=O) groups excluding carboxylic acids is 2. The van der Waals surface area contributed by atoms with Crippen LogP contribution in [0.25, 0.3) is 0 Å². The Morgan fingerprint density at radius 2 is 2.00 bits per heavy atom. The summed E-state index contributed by atoms with van der Waals surface area (Å²) in [4.78, 5) is 22.1. The highest BCUT2D eigenvalue weighted by Gasteiger charge is 2.41. The number of aliphatic hydroxyl groups is 2. The third kappa shape index (κ3) is 3.12. The first-order valence-electron chi connectivity index (χ1n) is 5.93. The zero-order chi connectivity index (χ0) is 12.1. The Bertz CT molecular complexity index is 251. The molecular formula is C12H20O4. The van der Waals surface area contributed by atoms with E-state index in [-0.39, 0.29) is 18.1 Å². The Kier molecular flexibility index (Phi) is 5.09. The SMILES string of the molecule is CCCC(=O)CCC1C(O)CC(O)C1C=O. The second kappa shape index (κ2) is 6.11. The van der Waals surface area contributed by atoms with E-state index in [9.17, 15) is 19.8 Å². The zero-order valence-electron chi connectivity index (χ0n) is 9.63. The summed E-state index contributed by atoms with van der Waals surface area (Å²) in [6.45, 7) is 1.94. The Morgan fingerprint density at radius 1 is 1.31 bits per heavy atom. The Balaban J connectivity index is 2.45. The number of aldehydes is 1. The second-order valence-corrected chi connectivity index (χ2v) is 4.58. The van der Waals surface area contributed by atoms with Crippen LogP contribution < -0.4 is 0 Å². The van der Waals surface area contributed by atoms with Crippen LogP contribution in [0, 0.1) is 11.8 Å². The lowest BCUT2D eigenvalue weighted by molar-refractivity contribution is -0.120. The summed E-state index contributed by atoms with van der Waals surface area (Å²) in [5.41, 5.74) is 0. The molecule has 0 aliphatic heterocycles. The van der Waals surface area contributed by atoms with E-state index in [0.29, 0.717) is 25.5 Å². The fourth-order valence-electron chi connectivity index (χ4n) is 2.43. The fraction of sp³-hybridized carbons (Fsp3) is 0.833. The molecule has 0 bridgehead atoms. The number of aliphatic hydroxyl groups excluding tert-OH is 2. The Labute approximate surface area is 95.7 Å². The third-order valence-electron chi connectivity index (χ3n) is 3.36. The predicted octanol–water partition coefficient (Wildman–Crippen LogP) is 0.693. The highest BCUT2D eigenvalue weighted by Crippen LogP contribution is 2.34. The van der Waals surface area contributed by atoms with Crippen molar-refractivity contribution in [2.24, 2.45) is 11.8 Å². The van der Waals surface area contributed by atoms with Crippen molar-refractivity contribution in [2.75, 3.05) is 0 Å². The largest absolute Gasteiger partial charge is 0.393 e. The molecule has 0 aromatic heterocycles. The maximum Gasteiger partial charge on any atom is 0.132 e. The van der Waals surface area contributed by atoms with Crippen LogP contribution >= 0.6 is 0 Å². The van der Waals surface area contributed by atoms with Gasteiger partial charge in [0.15, 0.2) is 0 Å². The summed E-state index contributed by atoms with van der Waals surface area (Å²) in [5.74, 6) is -0.599. The fourth-order valence-corrected chi connectivity index (χ4v) is 2.43. The Hall–Kier alpha value is -0.740.